The summed E-state index contributed by atoms with van der Waals surface area (Å²) in [5.74, 6) is 0.469. The number of aromatic nitrogens is 1. The molecule has 7 heteroatoms. The fourth-order valence-electron chi connectivity index (χ4n) is 4.38. The standard InChI is InChI=1S/C26H28N4OS2/c1-17-8-9-18(2)21(14-17)28-26(32)30-12-10-20(11-13-30)25-27-23(16-33-25)22-15-24(31-29-22)19-6-4-3-5-7-19/h3-9,14,16,20,24H,10-13,15H2,1-2H3,(H,28,32). The molecule has 170 valence electrons. The predicted molar refractivity (Wildman–Crippen MR) is 139 cm³/mol. The Labute approximate surface area is 204 Å². The van der Waals surface area contributed by atoms with Gasteiger partial charge in [0.1, 0.15) is 5.71 Å². The van der Waals surface area contributed by atoms with Gasteiger partial charge in [-0.3, -0.25) is 0 Å². The number of aryl methyl sites for hydroxylation is 2. The highest BCUT2D eigenvalue weighted by atomic mass is 32.1. The summed E-state index contributed by atoms with van der Waals surface area (Å²) < 4.78 is 0. The van der Waals surface area contributed by atoms with E-state index < -0.39 is 0 Å². The average Bonchev–Trinajstić information content (AvgIpc) is 3.52. The average molecular weight is 477 g/mol. The van der Waals surface area contributed by atoms with Crippen LogP contribution in [0.4, 0.5) is 5.69 Å². The largest absolute Gasteiger partial charge is 0.387 e. The minimum Gasteiger partial charge on any atom is -0.387 e. The molecule has 1 unspecified atom stereocenters. The topological polar surface area (TPSA) is 49.8 Å². The lowest BCUT2D eigenvalue weighted by molar-refractivity contribution is 0.0857. The summed E-state index contributed by atoms with van der Waals surface area (Å²) in [7, 11) is 0. The molecular formula is C26H28N4OS2. The summed E-state index contributed by atoms with van der Waals surface area (Å²) in [6, 6.07) is 16.7. The Bertz CT molecular complexity index is 1170. The van der Waals surface area contributed by atoms with E-state index in [0.29, 0.717) is 5.92 Å². The fourth-order valence-corrected chi connectivity index (χ4v) is 5.67. The molecule has 0 aliphatic carbocycles. The van der Waals surface area contributed by atoms with Crippen LogP contribution in [0.1, 0.15) is 58.7 Å². The van der Waals surface area contributed by atoms with E-state index in [1.165, 1.54) is 16.1 Å². The van der Waals surface area contributed by atoms with Gasteiger partial charge >= 0.3 is 0 Å². The third-order valence-electron chi connectivity index (χ3n) is 6.42. The highest BCUT2D eigenvalue weighted by Crippen LogP contribution is 2.34. The van der Waals surface area contributed by atoms with Gasteiger partial charge in [0.05, 0.1) is 10.7 Å². The van der Waals surface area contributed by atoms with E-state index in [1.807, 2.05) is 18.2 Å². The van der Waals surface area contributed by atoms with Crippen LogP contribution in [-0.2, 0) is 4.84 Å². The molecule has 5 nitrogen and oxygen atoms in total. The molecule has 1 atom stereocenters. The molecule has 0 radical (unpaired) electrons. The Kier molecular flexibility index (Phi) is 6.42. The molecule has 5 rings (SSSR count). The second-order valence-electron chi connectivity index (χ2n) is 8.83. The van der Waals surface area contributed by atoms with Crippen LogP contribution in [0.5, 0.6) is 0 Å². The number of thiocarbonyl (C=S) groups is 1. The van der Waals surface area contributed by atoms with Gasteiger partial charge in [-0.2, -0.15) is 0 Å². The smallest absolute Gasteiger partial charge is 0.173 e. The van der Waals surface area contributed by atoms with Crippen LogP contribution in [0.15, 0.2) is 59.1 Å². The first-order chi connectivity index (χ1) is 16.1. The third-order valence-corrected chi connectivity index (χ3v) is 7.79. The molecule has 3 aromatic rings. The van der Waals surface area contributed by atoms with E-state index in [4.69, 9.17) is 22.0 Å². The van der Waals surface area contributed by atoms with Crippen LogP contribution >= 0.6 is 23.6 Å². The zero-order chi connectivity index (χ0) is 22.8. The molecule has 1 N–H and O–H groups in total. The molecular weight excluding hydrogens is 448 g/mol. The fraction of sp³-hybridized carbons (Fsp3) is 0.346. The lowest BCUT2D eigenvalue weighted by Crippen LogP contribution is -2.40. The predicted octanol–water partition coefficient (Wildman–Crippen LogP) is 6.20. The van der Waals surface area contributed by atoms with Crippen molar-refractivity contribution in [1.82, 2.24) is 9.88 Å². The van der Waals surface area contributed by atoms with Crippen molar-refractivity contribution in [2.45, 2.75) is 45.1 Å². The third kappa shape index (κ3) is 4.94. The van der Waals surface area contributed by atoms with Crippen LogP contribution in [0.2, 0.25) is 0 Å². The van der Waals surface area contributed by atoms with E-state index >= 15 is 0 Å². The van der Waals surface area contributed by atoms with E-state index in [0.717, 1.165) is 60.1 Å². The number of rotatable bonds is 4. The number of hydrogen-bond acceptors (Lipinski definition) is 5. The lowest BCUT2D eigenvalue weighted by atomic mass is 9.97. The van der Waals surface area contributed by atoms with Crippen LogP contribution in [-0.4, -0.2) is 33.8 Å². The summed E-state index contributed by atoms with van der Waals surface area (Å²) in [5.41, 5.74) is 6.60. The molecule has 2 aromatic carbocycles. The number of benzene rings is 2. The van der Waals surface area contributed by atoms with Crippen molar-refractivity contribution >= 4 is 40.1 Å². The molecule has 33 heavy (non-hydrogen) atoms. The maximum Gasteiger partial charge on any atom is 0.173 e. The molecule has 0 saturated carbocycles. The molecule has 0 spiro atoms. The Morgan fingerprint density at radius 1 is 1.12 bits per heavy atom. The van der Waals surface area contributed by atoms with Crippen molar-refractivity contribution in [3.05, 3.63) is 81.3 Å². The molecule has 1 saturated heterocycles. The Morgan fingerprint density at radius 3 is 2.70 bits per heavy atom. The van der Waals surface area contributed by atoms with Crippen molar-refractivity contribution in [1.29, 1.82) is 0 Å². The van der Waals surface area contributed by atoms with Crippen molar-refractivity contribution in [2.75, 3.05) is 18.4 Å². The number of nitrogens with one attached hydrogen (secondary N) is 1. The van der Waals surface area contributed by atoms with Gasteiger partial charge in [-0.25, -0.2) is 4.98 Å². The number of piperidine rings is 1. The summed E-state index contributed by atoms with van der Waals surface area (Å²) in [5, 5.41) is 11.9. The van der Waals surface area contributed by atoms with Crippen LogP contribution < -0.4 is 5.32 Å². The Hall–Kier alpha value is -2.77. The first kappa shape index (κ1) is 22.0. The monoisotopic (exact) mass is 476 g/mol. The van der Waals surface area contributed by atoms with Gasteiger partial charge in [-0.15, -0.1) is 11.3 Å². The first-order valence-corrected chi connectivity index (χ1v) is 12.7. The highest BCUT2D eigenvalue weighted by Gasteiger charge is 2.28. The summed E-state index contributed by atoms with van der Waals surface area (Å²) in [6.45, 7) is 6.10. The maximum absolute atomic E-state index is 5.71. The first-order valence-electron chi connectivity index (χ1n) is 11.4. The second-order valence-corrected chi connectivity index (χ2v) is 10.1. The SMILES string of the molecule is Cc1ccc(C)c(NC(=S)N2CCC(c3nc(C4=NOC(c5ccccc5)C4)cs3)CC2)c1. The zero-order valence-electron chi connectivity index (χ0n) is 19.0. The summed E-state index contributed by atoms with van der Waals surface area (Å²) in [6.07, 6.45) is 2.86. The molecule has 2 aliphatic heterocycles. The van der Waals surface area contributed by atoms with E-state index in [-0.39, 0.29) is 6.10 Å². The number of likely N-dealkylation sites (tertiary alicyclic amines) is 1. The minimum atomic E-state index is -0.0138. The molecule has 0 amide bonds. The Morgan fingerprint density at radius 2 is 1.91 bits per heavy atom. The maximum atomic E-state index is 5.71. The molecule has 1 fully saturated rings. The van der Waals surface area contributed by atoms with Gasteiger partial charge in [0.2, 0.25) is 0 Å². The molecule has 1 aromatic heterocycles. The summed E-state index contributed by atoms with van der Waals surface area (Å²) >= 11 is 7.46. The van der Waals surface area contributed by atoms with E-state index in [1.54, 1.807) is 11.3 Å². The zero-order valence-corrected chi connectivity index (χ0v) is 20.6. The number of oxime groups is 1. The number of hydrogen-bond donors (Lipinski definition) is 1. The number of thiazole rings is 1. The highest BCUT2D eigenvalue weighted by molar-refractivity contribution is 7.80. The van der Waals surface area contributed by atoms with Gasteiger partial charge in [0, 0.05) is 36.5 Å². The van der Waals surface area contributed by atoms with Crippen LogP contribution in [0.25, 0.3) is 0 Å². The summed E-state index contributed by atoms with van der Waals surface area (Å²) in [4.78, 5) is 12.9. The van der Waals surface area contributed by atoms with E-state index in [9.17, 15) is 0 Å². The van der Waals surface area contributed by atoms with Crippen molar-refractivity contribution < 1.29 is 4.84 Å². The lowest BCUT2D eigenvalue weighted by Gasteiger charge is -2.33. The Balaban J connectivity index is 1.16. The number of anilines is 1. The molecule has 3 heterocycles. The van der Waals surface area contributed by atoms with Crippen molar-refractivity contribution in [3.63, 3.8) is 0 Å². The normalized spacial score (nSPS) is 18.7. The van der Waals surface area contributed by atoms with Crippen molar-refractivity contribution in [3.8, 4) is 0 Å². The van der Waals surface area contributed by atoms with E-state index in [2.05, 4.69) is 64.9 Å². The van der Waals surface area contributed by atoms with Gasteiger partial charge in [0.15, 0.2) is 11.2 Å². The van der Waals surface area contributed by atoms with Gasteiger partial charge in [0.25, 0.3) is 0 Å². The van der Waals surface area contributed by atoms with Gasteiger partial charge < -0.3 is 15.1 Å². The molecule has 2 aliphatic rings. The van der Waals surface area contributed by atoms with Crippen molar-refractivity contribution in [2.24, 2.45) is 5.16 Å². The quantitative estimate of drug-likeness (QED) is 0.454. The van der Waals surface area contributed by atoms with Crippen LogP contribution in [0, 0.1) is 13.8 Å². The second kappa shape index (κ2) is 9.61. The minimum absolute atomic E-state index is 0.0138. The van der Waals surface area contributed by atoms with Gasteiger partial charge in [-0.05, 0) is 61.7 Å². The number of nitrogens with zero attached hydrogens (tertiary/aromatic N) is 3. The van der Waals surface area contributed by atoms with Crippen LogP contribution in [0.3, 0.4) is 0 Å². The molecule has 0 bridgehead atoms. The van der Waals surface area contributed by atoms with Gasteiger partial charge in [-0.1, -0.05) is 47.6 Å².